The van der Waals surface area contributed by atoms with Crippen LogP contribution in [0.2, 0.25) is 0 Å². The zero-order valence-electron chi connectivity index (χ0n) is 15.2. The van der Waals surface area contributed by atoms with Crippen molar-refractivity contribution in [1.82, 2.24) is 5.32 Å². The van der Waals surface area contributed by atoms with Crippen LogP contribution in [0.3, 0.4) is 0 Å². The largest absolute Gasteiger partial charge is 0.504 e. The SMILES string of the molecule is CCNC(=NCc1ccc(O)c(OCC)c1)N1CCc2ccccc21.I. The van der Waals surface area contributed by atoms with Gasteiger partial charge in [-0.15, -0.1) is 24.0 Å². The molecular weight excluding hydrogens is 441 g/mol. The Labute approximate surface area is 172 Å². The Kier molecular flexibility index (Phi) is 7.56. The summed E-state index contributed by atoms with van der Waals surface area (Å²) in [6.07, 6.45) is 1.04. The van der Waals surface area contributed by atoms with Crippen molar-refractivity contribution in [3.05, 3.63) is 53.6 Å². The Morgan fingerprint density at radius 2 is 2.04 bits per heavy atom. The minimum atomic E-state index is 0. The van der Waals surface area contributed by atoms with Gasteiger partial charge in [-0.1, -0.05) is 24.3 Å². The molecule has 2 aromatic carbocycles. The molecule has 2 aromatic rings. The fraction of sp³-hybridized carbons (Fsp3) is 0.350. The number of ether oxygens (including phenoxy) is 1. The zero-order chi connectivity index (χ0) is 17.6. The van der Waals surface area contributed by atoms with Crippen LogP contribution in [0.15, 0.2) is 47.5 Å². The number of hydrogen-bond acceptors (Lipinski definition) is 3. The van der Waals surface area contributed by atoms with E-state index in [0.29, 0.717) is 18.9 Å². The van der Waals surface area contributed by atoms with E-state index in [1.807, 2.05) is 19.1 Å². The van der Waals surface area contributed by atoms with Gasteiger partial charge in [0, 0.05) is 18.8 Å². The maximum atomic E-state index is 9.83. The molecule has 5 nitrogen and oxygen atoms in total. The Morgan fingerprint density at radius 3 is 2.81 bits per heavy atom. The fourth-order valence-electron chi connectivity index (χ4n) is 3.05. The Hall–Kier alpha value is -1.96. The summed E-state index contributed by atoms with van der Waals surface area (Å²) >= 11 is 0. The van der Waals surface area contributed by atoms with E-state index in [0.717, 1.165) is 31.0 Å². The van der Waals surface area contributed by atoms with Gasteiger partial charge in [0.05, 0.1) is 13.2 Å². The number of halogens is 1. The van der Waals surface area contributed by atoms with Gasteiger partial charge in [-0.2, -0.15) is 0 Å². The molecule has 0 saturated carbocycles. The van der Waals surface area contributed by atoms with Crippen LogP contribution in [-0.4, -0.2) is 30.8 Å². The minimum Gasteiger partial charge on any atom is -0.504 e. The molecule has 140 valence electrons. The van der Waals surface area contributed by atoms with Crippen molar-refractivity contribution in [2.45, 2.75) is 26.8 Å². The number of nitrogens with zero attached hydrogens (tertiary/aromatic N) is 2. The van der Waals surface area contributed by atoms with Gasteiger partial charge in [0.15, 0.2) is 17.5 Å². The predicted molar refractivity (Wildman–Crippen MR) is 117 cm³/mol. The first-order chi connectivity index (χ1) is 12.2. The number of nitrogens with one attached hydrogen (secondary N) is 1. The predicted octanol–water partition coefficient (Wildman–Crippen LogP) is 3.94. The van der Waals surface area contributed by atoms with Crippen molar-refractivity contribution in [3.63, 3.8) is 0 Å². The van der Waals surface area contributed by atoms with Crippen molar-refractivity contribution in [3.8, 4) is 11.5 Å². The van der Waals surface area contributed by atoms with Gasteiger partial charge >= 0.3 is 0 Å². The lowest BCUT2D eigenvalue weighted by molar-refractivity contribution is 0.318. The molecule has 0 aromatic heterocycles. The molecule has 1 heterocycles. The number of rotatable bonds is 5. The van der Waals surface area contributed by atoms with Gasteiger partial charge in [-0.25, -0.2) is 4.99 Å². The number of hydrogen-bond donors (Lipinski definition) is 2. The summed E-state index contributed by atoms with van der Waals surface area (Å²) in [5.41, 5.74) is 3.59. The number of phenols is 1. The molecule has 0 unspecified atom stereocenters. The van der Waals surface area contributed by atoms with E-state index in [4.69, 9.17) is 9.73 Å². The van der Waals surface area contributed by atoms with Gasteiger partial charge in [-0.3, -0.25) is 0 Å². The summed E-state index contributed by atoms with van der Waals surface area (Å²) in [5, 5.41) is 13.2. The number of para-hydroxylation sites is 1. The summed E-state index contributed by atoms with van der Waals surface area (Å²) in [4.78, 5) is 7.03. The summed E-state index contributed by atoms with van der Waals surface area (Å²) < 4.78 is 5.45. The van der Waals surface area contributed by atoms with Crippen molar-refractivity contribution in [2.24, 2.45) is 4.99 Å². The molecule has 3 rings (SSSR count). The molecular formula is C20H26IN3O2. The van der Waals surface area contributed by atoms with E-state index in [-0.39, 0.29) is 29.7 Å². The number of phenolic OH excluding ortho intramolecular Hbond substituents is 1. The molecule has 26 heavy (non-hydrogen) atoms. The van der Waals surface area contributed by atoms with Gasteiger partial charge in [0.2, 0.25) is 0 Å². The third-order valence-electron chi connectivity index (χ3n) is 4.21. The number of anilines is 1. The molecule has 6 heteroatoms. The van der Waals surface area contributed by atoms with Crippen molar-refractivity contribution in [1.29, 1.82) is 0 Å². The van der Waals surface area contributed by atoms with Crippen molar-refractivity contribution >= 4 is 35.6 Å². The van der Waals surface area contributed by atoms with E-state index < -0.39 is 0 Å². The maximum absolute atomic E-state index is 9.83. The Morgan fingerprint density at radius 1 is 1.23 bits per heavy atom. The van der Waals surface area contributed by atoms with Crippen molar-refractivity contribution in [2.75, 3.05) is 24.6 Å². The maximum Gasteiger partial charge on any atom is 0.198 e. The van der Waals surface area contributed by atoms with E-state index in [2.05, 4.69) is 41.4 Å². The molecule has 1 aliphatic heterocycles. The van der Waals surface area contributed by atoms with E-state index >= 15 is 0 Å². The van der Waals surface area contributed by atoms with E-state index in [9.17, 15) is 5.11 Å². The van der Waals surface area contributed by atoms with Crippen LogP contribution >= 0.6 is 24.0 Å². The summed E-state index contributed by atoms with van der Waals surface area (Å²) in [5.74, 6) is 1.56. The molecule has 0 bridgehead atoms. The monoisotopic (exact) mass is 467 g/mol. The average molecular weight is 467 g/mol. The number of aliphatic imine (C=N–C) groups is 1. The molecule has 0 fully saturated rings. The molecule has 1 aliphatic rings. The number of aromatic hydroxyl groups is 1. The van der Waals surface area contributed by atoms with Gasteiger partial charge in [0.25, 0.3) is 0 Å². The first-order valence-corrected chi connectivity index (χ1v) is 8.81. The quantitative estimate of drug-likeness (QED) is 0.398. The molecule has 0 atom stereocenters. The second kappa shape index (κ2) is 9.66. The summed E-state index contributed by atoms with van der Waals surface area (Å²) in [6, 6.07) is 13.9. The lowest BCUT2D eigenvalue weighted by Gasteiger charge is -2.22. The lowest BCUT2D eigenvalue weighted by Crippen LogP contribution is -2.40. The first kappa shape index (κ1) is 20.4. The highest BCUT2D eigenvalue weighted by Gasteiger charge is 2.22. The van der Waals surface area contributed by atoms with Gasteiger partial charge in [0.1, 0.15) is 0 Å². The normalized spacial score (nSPS) is 13.2. The molecule has 0 radical (unpaired) electrons. The summed E-state index contributed by atoms with van der Waals surface area (Å²) in [6.45, 7) is 6.78. The van der Waals surface area contributed by atoms with Crippen LogP contribution in [0, 0.1) is 0 Å². The molecule has 0 spiro atoms. The second-order valence-electron chi connectivity index (χ2n) is 5.94. The van der Waals surface area contributed by atoms with Crippen LogP contribution in [0.4, 0.5) is 5.69 Å². The summed E-state index contributed by atoms with van der Waals surface area (Å²) in [7, 11) is 0. The number of fused-ring (bicyclic) bond motifs is 1. The van der Waals surface area contributed by atoms with E-state index in [1.165, 1.54) is 11.3 Å². The Bertz CT molecular complexity index is 764. The Balaban J connectivity index is 0.00000243. The third kappa shape index (κ3) is 4.60. The topological polar surface area (TPSA) is 57.1 Å². The lowest BCUT2D eigenvalue weighted by atomic mass is 10.2. The molecule has 0 amide bonds. The molecule has 2 N–H and O–H groups in total. The minimum absolute atomic E-state index is 0. The number of guanidine groups is 1. The van der Waals surface area contributed by atoms with Crippen LogP contribution in [0.25, 0.3) is 0 Å². The first-order valence-electron chi connectivity index (χ1n) is 8.81. The van der Waals surface area contributed by atoms with Crippen LogP contribution in [-0.2, 0) is 13.0 Å². The second-order valence-corrected chi connectivity index (χ2v) is 5.94. The standard InChI is InChI=1S/C20H25N3O2.HI/c1-3-21-20(23-12-11-16-7-5-6-8-17(16)23)22-14-15-9-10-18(24)19(13-15)25-4-2;/h5-10,13,24H,3-4,11-12,14H2,1-2H3,(H,21,22);1H. The van der Waals surface area contributed by atoms with Crippen LogP contribution in [0.1, 0.15) is 25.0 Å². The van der Waals surface area contributed by atoms with Gasteiger partial charge < -0.3 is 20.1 Å². The molecule has 0 aliphatic carbocycles. The van der Waals surface area contributed by atoms with Crippen LogP contribution in [0.5, 0.6) is 11.5 Å². The van der Waals surface area contributed by atoms with Crippen molar-refractivity contribution < 1.29 is 9.84 Å². The average Bonchev–Trinajstić information content (AvgIpc) is 3.05. The molecule has 0 saturated heterocycles. The highest BCUT2D eigenvalue weighted by atomic mass is 127. The van der Waals surface area contributed by atoms with E-state index in [1.54, 1.807) is 6.07 Å². The fourth-order valence-corrected chi connectivity index (χ4v) is 3.05. The van der Waals surface area contributed by atoms with Gasteiger partial charge in [-0.05, 0) is 49.6 Å². The smallest absolute Gasteiger partial charge is 0.198 e. The zero-order valence-corrected chi connectivity index (χ0v) is 17.6. The highest BCUT2D eigenvalue weighted by Crippen LogP contribution is 2.29. The number of benzene rings is 2. The van der Waals surface area contributed by atoms with Crippen LogP contribution < -0.4 is 15.0 Å². The third-order valence-corrected chi connectivity index (χ3v) is 4.21. The highest BCUT2D eigenvalue weighted by molar-refractivity contribution is 14.0.